The molecule has 0 radical (unpaired) electrons. The predicted octanol–water partition coefficient (Wildman–Crippen LogP) is 3.21. The van der Waals surface area contributed by atoms with Crippen LogP contribution in [0.4, 0.5) is 0 Å². The van der Waals surface area contributed by atoms with Crippen LogP contribution in [-0.4, -0.2) is 57.0 Å². The highest BCUT2D eigenvalue weighted by Gasteiger charge is 2.25. The maximum Gasteiger partial charge on any atom is 0.353 e. The lowest BCUT2D eigenvalue weighted by molar-refractivity contribution is -0.154. The standard InChI is InChI=1S/C26H29N3O6/c1-2-3-13-35-26(34)23(30)15-20(27-24(31)21-16-22(25(32)33)29-28-21)14-17-9-11-19(12-10-17)18-7-5-4-6-8-18/h4-12,16,20,23,30H,2-3,13-15H2,1H3,(H,27,31)(H,28,29)(H,32,33)/t20-,23-/m1/s1. The summed E-state index contributed by atoms with van der Waals surface area (Å²) in [5, 5.41) is 28.2. The molecule has 0 aliphatic carbocycles. The number of aliphatic hydroxyl groups excluding tert-OH is 1. The Balaban J connectivity index is 1.72. The van der Waals surface area contributed by atoms with Crippen molar-refractivity contribution in [2.45, 2.75) is 44.8 Å². The van der Waals surface area contributed by atoms with E-state index in [9.17, 15) is 19.5 Å². The van der Waals surface area contributed by atoms with Crippen molar-refractivity contribution < 1.29 is 29.3 Å². The first-order valence-electron chi connectivity index (χ1n) is 11.5. The zero-order chi connectivity index (χ0) is 25.2. The molecular formula is C26H29N3O6. The van der Waals surface area contributed by atoms with Gasteiger partial charge in [-0.3, -0.25) is 9.89 Å². The van der Waals surface area contributed by atoms with E-state index < -0.39 is 30.0 Å². The number of carboxylic acid groups (broad SMARTS) is 1. The van der Waals surface area contributed by atoms with Crippen molar-refractivity contribution in [2.75, 3.05) is 6.61 Å². The Bertz CT molecular complexity index is 1130. The number of hydrogen-bond acceptors (Lipinski definition) is 6. The van der Waals surface area contributed by atoms with Crippen LogP contribution in [0.3, 0.4) is 0 Å². The number of H-pyrrole nitrogens is 1. The van der Waals surface area contributed by atoms with Gasteiger partial charge in [0.2, 0.25) is 0 Å². The van der Waals surface area contributed by atoms with Gasteiger partial charge in [-0.15, -0.1) is 0 Å². The van der Waals surface area contributed by atoms with E-state index in [-0.39, 0.29) is 24.4 Å². The molecule has 0 spiro atoms. The molecule has 0 aliphatic heterocycles. The van der Waals surface area contributed by atoms with Gasteiger partial charge in [0.05, 0.1) is 6.61 Å². The van der Waals surface area contributed by atoms with Crippen LogP contribution in [0, 0.1) is 0 Å². The third-order valence-corrected chi connectivity index (χ3v) is 5.44. The molecule has 1 amide bonds. The molecule has 1 heterocycles. The second-order valence-electron chi connectivity index (χ2n) is 8.18. The molecule has 0 saturated carbocycles. The Kier molecular flexibility index (Phi) is 9.14. The molecule has 35 heavy (non-hydrogen) atoms. The van der Waals surface area contributed by atoms with E-state index >= 15 is 0 Å². The summed E-state index contributed by atoms with van der Waals surface area (Å²) in [5.74, 6) is -2.60. The topological polar surface area (TPSA) is 142 Å². The molecule has 0 bridgehead atoms. The van der Waals surface area contributed by atoms with Gasteiger partial charge in [-0.2, -0.15) is 5.10 Å². The number of hydrogen-bond donors (Lipinski definition) is 4. The van der Waals surface area contributed by atoms with Gasteiger partial charge in [-0.05, 0) is 29.5 Å². The molecule has 0 aliphatic rings. The lowest BCUT2D eigenvalue weighted by Gasteiger charge is -2.21. The van der Waals surface area contributed by atoms with Gasteiger partial charge in [0, 0.05) is 18.5 Å². The van der Waals surface area contributed by atoms with Gasteiger partial charge in [0.15, 0.2) is 11.8 Å². The van der Waals surface area contributed by atoms with Crippen molar-refractivity contribution in [3.05, 3.63) is 77.6 Å². The molecule has 184 valence electrons. The summed E-state index contributed by atoms with van der Waals surface area (Å²) in [7, 11) is 0. The molecule has 9 heteroatoms. The molecule has 1 aromatic heterocycles. The van der Waals surface area contributed by atoms with E-state index in [1.807, 2.05) is 61.5 Å². The maximum absolute atomic E-state index is 12.7. The monoisotopic (exact) mass is 479 g/mol. The van der Waals surface area contributed by atoms with E-state index in [1.54, 1.807) is 0 Å². The van der Waals surface area contributed by atoms with Gasteiger partial charge < -0.3 is 20.3 Å². The number of benzene rings is 2. The Morgan fingerprint density at radius 2 is 1.74 bits per heavy atom. The van der Waals surface area contributed by atoms with Gasteiger partial charge in [0.1, 0.15) is 5.69 Å². The number of nitrogens with one attached hydrogen (secondary N) is 2. The Labute approximate surface area is 203 Å². The molecule has 3 rings (SSSR count). The second kappa shape index (κ2) is 12.5. The summed E-state index contributed by atoms with van der Waals surface area (Å²) in [4.78, 5) is 35.9. The summed E-state index contributed by atoms with van der Waals surface area (Å²) in [6.45, 7) is 2.18. The van der Waals surface area contributed by atoms with E-state index in [0.717, 1.165) is 29.2 Å². The zero-order valence-corrected chi connectivity index (χ0v) is 19.4. The summed E-state index contributed by atoms with van der Waals surface area (Å²) in [6.07, 6.45) is 0.374. The molecular weight excluding hydrogens is 450 g/mol. The summed E-state index contributed by atoms with van der Waals surface area (Å²) in [5.41, 5.74) is 2.67. The van der Waals surface area contributed by atoms with Crippen LogP contribution in [0.5, 0.6) is 0 Å². The first kappa shape index (κ1) is 25.6. The fourth-order valence-corrected chi connectivity index (χ4v) is 3.53. The second-order valence-corrected chi connectivity index (χ2v) is 8.18. The van der Waals surface area contributed by atoms with E-state index in [4.69, 9.17) is 9.84 Å². The van der Waals surface area contributed by atoms with Crippen molar-refractivity contribution >= 4 is 17.8 Å². The summed E-state index contributed by atoms with van der Waals surface area (Å²) in [6, 6.07) is 18.1. The number of amides is 1. The van der Waals surface area contributed by atoms with Crippen LogP contribution >= 0.6 is 0 Å². The van der Waals surface area contributed by atoms with Crippen LogP contribution in [0.25, 0.3) is 11.1 Å². The van der Waals surface area contributed by atoms with Gasteiger partial charge in [-0.25, -0.2) is 9.59 Å². The third-order valence-electron chi connectivity index (χ3n) is 5.44. The van der Waals surface area contributed by atoms with Crippen LogP contribution in [0.2, 0.25) is 0 Å². The van der Waals surface area contributed by atoms with Crippen LogP contribution in [0.15, 0.2) is 60.7 Å². The smallest absolute Gasteiger partial charge is 0.353 e. The lowest BCUT2D eigenvalue weighted by atomic mass is 9.97. The normalized spacial score (nSPS) is 12.5. The predicted molar refractivity (Wildman–Crippen MR) is 129 cm³/mol. The minimum absolute atomic E-state index is 0.0760. The highest BCUT2D eigenvalue weighted by atomic mass is 16.5. The summed E-state index contributed by atoms with van der Waals surface area (Å²) >= 11 is 0. The number of aliphatic hydroxyl groups is 1. The Hall–Kier alpha value is -3.98. The van der Waals surface area contributed by atoms with E-state index in [0.29, 0.717) is 12.8 Å². The first-order valence-corrected chi connectivity index (χ1v) is 11.5. The van der Waals surface area contributed by atoms with E-state index in [1.165, 1.54) is 0 Å². The van der Waals surface area contributed by atoms with Gasteiger partial charge >= 0.3 is 11.9 Å². The van der Waals surface area contributed by atoms with Crippen molar-refractivity contribution in [2.24, 2.45) is 0 Å². The maximum atomic E-state index is 12.7. The zero-order valence-electron chi connectivity index (χ0n) is 19.4. The lowest BCUT2D eigenvalue weighted by Crippen LogP contribution is -2.41. The fourth-order valence-electron chi connectivity index (χ4n) is 3.53. The van der Waals surface area contributed by atoms with Crippen LogP contribution < -0.4 is 5.32 Å². The number of unbranched alkanes of at least 4 members (excludes halogenated alkanes) is 1. The first-order chi connectivity index (χ1) is 16.9. The molecule has 0 unspecified atom stereocenters. The number of rotatable bonds is 12. The number of carbonyl (C=O) groups is 3. The van der Waals surface area contributed by atoms with Crippen molar-refractivity contribution in [1.82, 2.24) is 15.5 Å². The van der Waals surface area contributed by atoms with Crippen molar-refractivity contribution in [1.29, 1.82) is 0 Å². The number of nitrogens with zero attached hydrogens (tertiary/aromatic N) is 1. The third kappa shape index (κ3) is 7.51. The van der Waals surface area contributed by atoms with Gasteiger partial charge in [-0.1, -0.05) is 67.9 Å². The Morgan fingerprint density at radius 1 is 1.06 bits per heavy atom. The Morgan fingerprint density at radius 3 is 2.37 bits per heavy atom. The largest absolute Gasteiger partial charge is 0.477 e. The fraction of sp³-hybridized carbons (Fsp3) is 0.308. The number of aromatic carboxylic acids is 1. The highest BCUT2D eigenvalue weighted by molar-refractivity contribution is 5.95. The molecule has 2 aromatic carbocycles. The molecule has 4 N–H and O–H groups in total. The minimum Gasteiger partial charge on any atom is -0.477 e. The molecule has 9 nitrogen and oxygen atoms in total. The minimum atomic E-state index is -1.42. The number of aromatic nitrogens is 2. The average Bonchev–Trinajstić information content (AvgIpc) is 3.36. The van der Waals surface area contributed by atoms with Crippen LogP contribution in [0.1, 0.15) is 52.7 Å². The molecule has 2 atom stereocenters. The number of carboxylic acids is 1. The average molecular weight is 480 g/mol. The highest BCUT2D eigenvalue weighted by Crippen LogP contribution is 2.20. The molecule has 3 aromatic rings. The summed E-state index contributed by atoms with van der Waals surface area (Å²) < 4.78 is 5.10. The van der Waals surface area contributed by atoms with Gasteiger partial charge in [0.25, 0.3) is 5.91 Å². The van der Waals surface area contributed by atoms with Crippen molar-refractivity contribution in [3.63, 3.8) is 0 Å². The quantitative estimate of drug-likeness (QED) is 0.231. The number of ether oxygens (including phenoxy) is 1. The molecule has 0 saturated heterocycles. The number of aromatic amines is 1. The SMILES string of the molecule is CCCCOC(=O)[C@H](O)C[C@@H](Cc1ccc(-c2ccccc2)cc1)NC(=O)c1cc(C(=O)O)[nH]n1. The molecule has 0 fully saturated rings. The van der Waals surface area contributed by atoms with E-state index in [2.05, 4.69) is 15.5 Å². The van der Waals surface area contributed by atoms with Crippen LogP contribution in [-0.2, 0) is 16.0 Å². The number of carbonyl (C=O) groups excluding carboxylic acids is 2. The number of esters is 1. The van der Waals surface area contributed by atoms with Crippen molar-refractivity contribution in [3.8, 4) is 11.1 Å².